The number of hydrogen-bond acceptors (Lipinski definition) is 4. The Morgan fingerprint density at radius 3 is 2.41 bits per heavy atom. The van der Waals surface area contributed by atoms with E-state index in [1.54, 1.807) is 31.2 Å². The van der Waals surface area contributed by atoms with E-state index < -0.39 is 0 Å². The first-order valence-corrected chi connectivity index (χ1v) is 9.01. The molecule has 0 spiro atoms. The van der Waals surface area contributed by atoms with Crippen molar-refractivity contribution in [3.8, 4) is 0 Å². The lowest BCUT2D eigenvalue weighted by atomic mass is 9.99. The Bertz CT molecular complexity index is 994. The molecule has 0 saturated carbocycles. The minimum absolute atomic E-state index is 0.202. The lowest BCUT2D eigenvalue weighted by molar-refractivity contribution is 0.0526. The highest BCUT2D eigenvalue weighted by Crippen LogP contribution is 2.24. The maximum Gasteiger partial charge on any atom is 0.338 e. The molecular weight excluding hydrogens is 340 g/mol. The number of nitrogens with one attached hydrogen (secondary N) is 1. The van der Waals surface area contributed by atoms with Crippen molar-refractivity contribution in [3.05, 3.63) is 70.9 Å². The number of benzene rings is 2. The number of amides is 1. The van der Waals surface area contributed by atoms with Gasteiger partial charge in [0.05, 0.1) is 28.9 Å². The van der Waals surface area contributed by atoms with Crippen LogP contribution in [0.5, 0.6) is 0 Å². The molecule has 5 heteroatoms. The summed E-state index contributed by atoms with van der Waals surface area (Å²) < 4.78 is 4.97. The standard InChI is InChI=1S/C22H22N2O3/c1-4-18-20(14(3)17-8-6-7-9-19(17)24-18)21(25)23-16-12-10-15(11-13-16)22(26)27-5-2/h6-13H,4-5H2,1-3H3,(H,23,25). The van der Waals surface area contributed by atoms with Crippen LogP contribution in [0.15, 0.2) is 48.5 Å². The van der Waals surface area contributed by atoms with Gasteiger partial charge in [0.2, 0.25) is 0 Å². The first kappa shape index (κ1) is 18.6. The van der Waals surface area contributed by atoms with Gasteiger partial charge in [-0.3, -0.25) is 9.78 Å². The fraction of sp³-hybridized carbons (Fsp3) is 0.227. The molecule has 0 radical (unpaired) electrons. The summed E-state index contributed by atoms with van der Waals surface area (Å²) >= 11 is 0. The molecule has 0 unspecified atom stereocenters. The zero-order valence-electron chi connectivity index (χ0n) is 15.7. The van der Waals surface area contributed by atoms with E-state index in [9.17, 15) is 9.59 Å². The number of ether oxygens (including phenoxy) is 1. The molecule has 0 aliphatic heterocycles. The topological polar surface area (TPSA) is 68.3 Å². The number of anilines is 1. The minimum atomic E-state index is -0.377. The van der Waals surface area contributed by atoms with Gasteiger partial charge < -0.3 is 10.1 Å². The maximum atomic E-state index is 12.9. The maximum absolute atomic E-state index is 12.9. The molecule has 1 N–H and O–H groups in total. The quantitative estimate of drug-likeness (QED) is 0.677. The van der Waals surface area contributed by atoms with Gasteiger partial charge in [-0.2, -0.15) is 0 Å². The Hall–Kier alpha value is -3.21. The zero-order valence-corrected chi connectivity index (χ0v) is 15.7. The van der Waals surface area contributed by atoms with Crippen LogP contribution in [0, 0.1) is 6.92 Å². The monoisotopic (exact) mass is 362 g/mol. The van der Waals surface area contributed by atoms with E-state index in [-0.39, 0.29) is 11.9 Å². The SMILES string of the molecule is CCOC(=O)c1ccc(NC(=O)c2c(CC)nc3ccccc3c2C)cc1. The largest absolute Gasteiger partial charge is 0.462 e. The first-order chi connectivity index (χ1) is 13.0. The summed E-state index contributed by atoms with van der Waals surface area (Å²) in [5.74, 6) is -0.579. The molecule has 5 nitrogen and oxygen atoms in total. The predicted molar refractivity (Wildman–Crippen MR) is 106 cm³/mol. The van der Waals surface area contributed by atoms with Crippen LogP contribution in [0.4, 0.5) is 5.69 Å². The Morgan fingerprint density at radius 2 is 1.74 bits per heavy atom. The molecule has 138 valence electrons. The lowest BCUT2D eigenvalue weighted by Crippen LogP contribution is -2.17. The summed E-state index contributed by atoms with van der Waals surface area (Å²) in [4.78, 5) is 29.3. The van der Waals surface area contributed by atoms with E-state index in [0.717, 1.165) is 22.2 Å². The highest BCUT2D eigenvalue weighted by Gasteiger charge is 2.18. The summed E-state index contributed by atoms with van der Waals surface area (Å²) in [5, 5.41) is 3.88. The van der Waals surface area contributed by atoms with E-state index in [1.165, 1.54) is 0 Å². The van der Waals surface area contributed by atoms with Crippen LogP contribution in [-0.4, -0.2) is 23.5 Å². The van der Waals surface area contributed by atoms with Gasteiger partial charge in [0.25, 0.3) is 5.91 Å². The van der Waals surface area contributed by atoms with Crippen molar-refractivity contribution < 1.29 is 14.3 Å². The van der Waals surface area contributed by atoms with Gasteiger partial charge in [-0.25, -0.2) is 4.79 Å². The second-order valence-electron chi connectivity index (χ2n) is 6.18. The summed E-state index contributed by atoms with van der Waals surface area (Å²) in [7, 11) is 0. The smallest absolute Gasteiger partial charge is 0.338 e. The Kier molecular flexibility index (Phi) is 5.50. The molecule has 1 amide bonds. The summed E-state index contributed by atoms with van der Waals surface area (Å²) in [5.41, 5.74) is 4.24. The number of pyridine rings is 1. The summed E-state index contributed by atoms with van der Waals surface area (Å²) in [6, 6.07) is 14.5. The molecule has 3 aromatic rings. The van der Waals surface area contributed by atoms with Crippen molar-refractivity contribution in [1.29, 1.82) is 0 Å². The van der Waals surface area contributed by atoms with Crippen molar-refractivity contribution in [2.45, 2.75) is 27.2 Å². The van der Waals surface area contributed by atoms with Crippen LogP contribution in [0.3, 0.4) is 0 Å². The molecule has 0 aliphatic carbocycles. The van der Waals surface area contributed by atoms with Crippen LogP contribution in [0.2, 0.25) is 0 Å². The number of fused-ring (bicyclic) bond motifs is 1. The Balaban J connectivity index is 1.90. The number of carbonyl (C=O) groups is 2. The van der Waals surface area contributed by atoms with Gasteiger partial charge >= 0.3 is 5.97 Å². The van der Waals surface area contributed by atoms with Crippen molar-refractivity contribution in [3.63, 3.8) is 0 Å². The predicted octanol–water partition coefficient (Wildman–Crippen LogP) is 4.53. The molecule has 0 atom stereocenters. The molecule has 0 saturated heterocycles. The zero-order chi connectivity index (χ0) is 19.4. The molecule has 27 heavy (non-hydrogen) atoms. The highest BCUT2D eigenvalue weighted by molar-refractivity contribution is 6.08. The number of aromatic nitrogens is 1. The van der Waals surface area contributed by atoms with Gasteiger partial charge in [-0.1, -0.05) is 25.1 Å². The van der Waals surface area contributed by atoms with Gasteiger partial charge in [0, 0.05) is 11.1 Å². The molecule has 0 bridgehead atoms. The number of hydrogen-bond donors (Lipinski definition) is 1. The van der Waals surface area contributed by atoms with Gasteiger partial charge in [-0.05, 0) is 56.2 Å². The van der Waals surface area contributed by atoms with Gasteiger partial charge in [0.15, 0.2) is 0 Å². The van der Waals surface area contributed by atoms with E-state index in [0.29, 0.717) is 29.8 Å². The second-order valence-corrected chi connectivity index (χ2v) is 6.18. The van der Waals surface area contributed by atoms with Crippen molar-refractivity contribution >= 4 is 28.5 Å². The molecule has 1 heterocycles. The number of esters is 1. The third kappa shape index (κ3) is 3.82. The molecule has 0 fully saturated rings. The number of carbonyl (C=O) groups excluding carboxylic acids is 2. The summed E-state index contributed by atoms with van der Waals surface area (Å²) in [6.45, 7) is 6.02. The lowest BCUT2D eigenvalue weighted by Gasteiger charge is -2.14. The number of para-hydroxylation sites is 1. The van der Waals surface area contributed by atoms with Crippen LogP contribution in [0.25, 0.3) is 10.9 Å². The normalized spacial score (nSPS) is 10.6. The number of aryl methyl sites for hydroxylation is 2. The van der Waals surface area contributed by atoms with Crippen LogP contribution >= 0.6 is 0 Å². The average Bonchev–Trinajstić information content (AvgIpc) is 2.68. The first-order valence-electron chi connectivity index (χ1n) is 9.01. The number of rotatable bonds is 5. The Morgan fingerprint density at radius 1 is 1.04 bits per heavy atom. The van der Waals surface area contributed by atoms with Crippen molar-refractivity contribution in [1.82, 2.24) is 4.98 Å². The molecule has 1 aromatic heterocycles. The highest BCUT2D eigenvalue weighted by atomic mass is 16.5. The van der Waals surface area contributed by atoms with Gasteiger partial charge in [-0.15, -0.1) is 0 Å². The third-order valence-corrected chi connectivity index (χ3v) is 4.44. The second kappa shape index (κ2) is 7.99. The minimum Gasteiger partial charge on any atom is -0.462 e. The van der Waals surface area contributed by atoms with Crippen molar-refractivity contribution in [2.24, 2.45) is 0 Å². The van der Waals surface area contributed by atoms with E-state index >= 15 is 0 Å². The Labute approximate surface area is 158 Å². The van der Waals surface area contributed by atoms with E-state index in [1.807, 2.05) is 38.1 Å². The van der Waals surface area contributed by atoms with Gasteiger partial charge in [0.1, 0.15) is 0 Å². The van der Waals surface area contributed by atoms with E-state index in [2.05, 4.69) is 10.3 Å². The number of nitrogens with zero attached hydrogens (tertiary/aromatic N) is 1. The third-order valence-electron chi connectivity index (χ3n) is 4.44. The van der Waals surface area contributed by atoms with Crippen molar-refractivity contribution in [2.75, 3.05) is 11.9 Å². The molecule has 3 rings (SSSR count). The van der Waals surface area contributed by atoms with E-state index in [4.69, 9.17) is 4.74 Å². The van der Waals surface area contributed by atoms with Crippen LogP contribution < -0.4 is 5.32 Å². The molecule has 2 aromatic carbocycles. The summed E-state index contributed by atoms with van der Waals surface area (Å²) in [6.07, 6.45) is 0.663. The average molecular weight is 362 g/mol. The van der Waals surface area contributed by atoms with Crippen LogP contribution in [0.1, 0.15) is 45.8 Å². The van der Waals surface area contributed by atoms with Crippen LogP contribution in [-0.2, 0) is 11.2 Å². The molecule has 0 aliphatic rings. The fourth-order valence-electron chi connectivity index (χ4n) is 3.10. The molecular formula is C22H22N2O3. The fourth-order valence-corrected chi connectivity index (χ4v) is 3.10.